The molecule has 0 aliphatic carbocycles. The van der Waals surface area contributed by atoms with E-state index in [0.29, 0.717) is 10.6 Å². The van der Waals surface area contributed by atoms with Gasteiger partial charge in [0.1, 0.15) is 5.37 Å². The maximum atomic E-state index is 12.9. The largest absolute Gasteiger partial charge is 0.548 e. The summed E-state index contributed by atoms with van der Waals surface area (Å²) in [6, 6.07) is 13.3. The van der Waals surface area contributed by atoms with E-state index < -0.39 is 17.4 Å². The van der Waals surface area contributed by atoms with Crippen LogP contribution in [0.5, 0.6) is 0 Å². The van der Waals surface area contributed by atoms with Crippen LogP contribution in [0.4, 0.5) is 0 Å². The first kappa shape index (κ1) is 16.9. The number of thioether (sulfide) groups is 1. The minimum absolute atomic E-state index is 0.274. The molecule has 0 aromatic heterocycles. The van der Waals surface area contributed by atoms with Crippen molar-refractivity contribution in [2.45, 2.75) is 18.3 Å². The number of hydrogen-bond donors (Lipinski definition) is 0. The number of carbonyl (C=O) groups excluding carboxylic acids is 2. The van der Waals surface area contributed by atoms with E-state index in [0.717, 1.165) is 11.1 Å². The third-order valence-electron chi connectivity index (χ3n) is 3.98. The quantitative estimate of drug-likeness (QED) is 0.844. The molecule has 2 atom stereocenters. The molecule has 24 heavy (non-hydrogen) atoms. The van der Waals surface area contributed by atoms with Crippen LogP contribution in [0.25, 0.3) is 0 Å². The molecule has 0 unspecified atom stereocenters. The van der Waals surface area contributed by atoms with Crippen LogP contribution >= 0.6 is 23.4 Å². The van der Waals surface area contributed by atoms with Crippen LogP contribution in [0.3, 0.4) is 0 Å². The van der Waals surface area contributed by atoms with Crippen molar-refractivity contribution in [2.75, 3.05) is 5.75 Å². The molecule has 1 aliphatic rings. The summed E-state index contributed by atoms with van der Waals surface area (Å²) in [5, 5.41) is 11.6. The average Bonchev–Trinajstić information content (AvgIpc) is 3.00. The van der Waals surface area contributed by atoms with Crippen LogP contribution in [0, 0.1) is 6.92 Å². The van der Waals surface area contributed by atoms with Gasteiger partial charge in [-0.1, -0.05) is 47.5 Å². The van der Waals surface area contributed by atoms with Gasteiger partial charge in [-0.25, -0.2) is 0 Å². The van der Waals surface area contributed by atoms with E-state index in [1.54, 1.807) is 24.3 Å². The number of aryl methyl sites for hydroxylation is 1. The van der Waals surface area contributed by atoms with E-state index in [-0.39, 0.29) is 11.7 Å². The van der Waals surface area contributed by atoms with Crippen LogP contribution in [-0.2, 0) is 4.79 Å². The summed E-state index contributed by atoms with van der Waals surface area (Å²) in [6.45, 7) is 1.93. The first-order valence-electron chi connectivity index (χ1n) is 7.45. The highest BCUT2D eigenvalue weighted by atomic mass is 35.5. The number of aliphatic carboxylic acids is 1. The summed E-state index contributed by atoms with van der Waals surface area (Å²) in [4.78, 5) is 25.8. The van der Waals surface area contributed by atoms with Crippen molar-refractivity contribution in [1.82, 2.24) is 4.90 Å². The Balaban J connectivity index is 2.01. The summed E-state index contributed by atoms with van der Waals surface area (Å²) >= 11 is 7.63. The van der Waals surface area contributed by atoms with Crippen LogP contribution < -0.4 is 5.11 Å². The fourth-order valence-electron chi connectivity index (χ4n) is 2.70. The van der Waals surface area contributed by atoms with Crippen molar-refractivity contribution < 1.29 is 14.7 Å². The number of rotatable bonds is 3. The topological polar surface area (TPSA) is 60.4 Å². The standard InChI is InChI=1S/C18H16ClNO3S/c1-11-6-8-12(9-7-11)16(21)20-15(18(22)23)10-24-17(20)13-4-2-3-5-14(13)19/h2-9,15,17H,10H2,1H3,(H,22,23)/p-1/t15-,17-/m1/s1. The smallest absolute Gasteiger partial charge is 0.255 e. The Bertz CT molecular complexity index is 778. The van der Waals surface area contributed by atoms with Crippen LogP contribution in [0.2, 0.25) is 5.02 Å². The number of carboxylic acids is 1. The number of halogens is 1. The van der Waals surface area contributed by atoms with Gasteiger partial charge in [0.25, 0.3) is 5.91 Å². The SMILES string of the molecule is Cc1ccc(C(=O)N2[C@@H](C(=O)[O-])CS[C@@H]2c2ccccc2Cl)cc1. The van der Waals surface area contributed by atoms with Gasteiger partial charge in [-0.05, 0) is 25.1 Å². The van der Waals surface area contributed by atoms with E-state index in [2.05, 4.69) is 0 Å². The van der Waals surface area contributed by atoms with Crippen molar-refractivity contribution >= 4 is 35.2 Å². The molecule has 0 bridgehead atoms. The van der Waals surface area contributed by atoms with Gasteiger partial charge in [0.05, 0.1) is 12.0 Å². The second kappa shape index (κ2) is 6.87. The molecule has 3 rings (SSSR count). The molecule has 1 saturated heterocycles. The third-order valence-corrected chi connectivity index (χ3v) is 5.63. The Morgan fingerprint density at radius 1 is 1.17 bits per heavy atom. The molecule has 0 N–H and O–H groups in total. The predicted molar refractivity (Wildman–Crippen MR) is 92.8 cm³/mol. The normalized spacial score (nSPS) is 20.2. The zero-order valence-electron chi connectivity index (χ0n) is 12.9. The van der Waals surface area contributed by atoms with E-state index in [1.165, 1.54) is 16.7 Å². The molecule has 1 heterocycles. The van der Waals surface area contributed by atoms with Crippen molar-refractivity contribution in [1.29, 1.82) is 0 Å². The molecule has 0 saturated carbocycles. The second-order valence-electron chi connectivity index (χ2n) is 5.62. The van der Waals surface area contributed by atoms with E-state index in [9.17, 15) is 14.7 Å². The zero-order valence-corrected chi connectivity index (χ0v) is 14.5. The summed E-state index contributed by atoms with van der Waals surface area (Å²) in [6.07, 6.45) is 0. The lowest BCUT2D eigenvalue weighted by atomic mass is 10.1. The molecule has 0 radical (unpaired) electrons. The van der Waals surface area contributed by atoms with Crippen molar-refractivity contribution in [3.8, 4) is 0 Å². The highest BCUT2D eigenvalue weighted by molar-refractivity contribution is 7.99. The number of benzene rings is 2. The minimum atomic E-state index is -1.25. The average molecular weight is 361 g/mol. The highest BCUT2D eigenvalue weighted by Gasteiger charge is 2.40. The summed E-state index contributed by atoms with van der Waals surface area (Å²) in [7, 11) is 0. The number of hydrogen-bond acceptors (Lipinski definition) is 4. The lowest BCUT2D eigenvalue weighted by Crippen LogP contribution is -2.49. The number of carboxylic acid groups (broad SMARTS) is 1. The molecule has 2 aromatic carbocycles. The second-order valence-corrected chi connectivity index (χ2v) is 7.14. The zero-order chi connectivity index (χ0) is 17.3. The maximum absolute atomic E-state index is 12.9. The maximum Gasteiger partial charge on any atom is 0.255 e. The van der Waals surface area contributed by atoms with Gasteiger partial charge in [0.2, 0.25) is 0 Å². The van der Waals surface area contributed by atoms with Crippen molar-refractivity contribution in [3.05, 3.63) is 70.2 Å². The molecule has 4 nitrogen and oxygen atoms in total. The molecule has 1 aliphatic heterocycles. The molecular weight excluding hydrogens is 346 g/mol. The Morgan fingerprint density at radius 3 is 2.46 bits per heavy atom. The van der Waals surface area contributed by atoms with Crippen molar-refractivity contribution in [3.63, 3.8) is 0 Å². The summed E-state index contributed by atoms with van der Waals surface area (Å²) in [5.74, 6) is -1.31. The van der Waals surface area contributed by atoms with E-state index in [4.69, 9.17) is 11.6 Å². The lowest BCUT2D eigenvalue weighted by molar-refractivity contribution is -0.310. The van der Waals surface area contributed by atoms with Gasteiger partial charge in [-0.2, -0.15) is 0 Å². The summed E-state index contributed by atoms with van der Waals surface area (Å²) in [5.41, 5.74) is 2.21. The van der Waals surface area contributed by atoms with Gasteiger partial charge in [0.15, 0.2) is 0 Å². The van der Waals surface area contributed by atoms with Gasteiger partial charge >= 0.3 is 0 Å². The third kappa shape index (κ3) is 3.14. The Labute approximate surface area is 149 Å². The minimum Gasteiger partial charge on any atom is -0.548 e. The predicted octanol–water partition coefficient (Wildman–Crippen LogP) is 2.65. The Hall–Kier alpha value is -1.98. The van der Waals surface area contributed by atoms with Crippen LogP contribution in [0.15, 0.2) is 48.5 Å². The first-order valence-corrected chi connectivity index (χ1v) is 8.88. The van der Waals surface area contributed by atoms with E-state index in [1.807, 2.05) is 31.2 Å². The molecule has 0 spiro atoms. The Morgan fingerprint density at radius 2 is 1.83 bits per heavy atom. The number of carbonyl (C=O) groups is 2. The molecule has 2 aromatic rings. The van der Waals surface area contributed by atoms with Gasteiger partial charge in [-0.15, -0.1) is 11.8 Å². The molecular formula is C18H15ClNO3S-. The first-order chi connectivity index (χ1) is 11.5. The van der Waals surface area contributed by atoms with Crippen LogP contribution in [-0.4, -0.2) is 28.6 Å². The lowest BCUT2D eigenvalue weighted by Gasteiger charge is -2.30. The monoisotopic (exact) mass is 360 g/mol. The van der Waals surface area contributed by atoms with E-state index >= 15 is 0 Å². The van der Waals surface area contributed by atoms with Gasteiger partial charge < -0.3 is 14.8 Å². The molecule has 1 amide bonds. The molecule has 6 heteroatoms. The fraction of sp³-hybridized carbons (Fsp3) is 0.222. The Kier molecular flexibility index (Phi) is 4.83. The number of amides is 1. The van der Waals surface area contributed by atoms with Gasteiger partial charge in [0, 0.05) is 21.9 Å². The van der Waals surface area contributed by atoms with Crippen molar-refractivity contribution in [2.24, 2.45) is 0 Å². The molecule has 1 fully saturated rings. The molecule has 124 valence electrons. The van der Waals surface area contributed by atoms with Crippen LogP contribution in [0.1, 0.15) is 26.9 Å². The number of nitrogens with zero attached hydrogens (tertiary/aromatic N) is 1. The summed E-state index contributed by atoms with van der Waals surface area (Å²) < 4.78 is 0. The highest BCUT2D eigenvalue weighted by Crippen LogP contribution is 2.44. The van der Waals surface area contributed by atoms with Gasteiger partial charge in [-0.3, -0.25) is 4.79 Å². The fourth-order valence-corrected chi connectivity index (χ4v) is 4.45.